The molecule has 144 valence electrons. The van der Waals surface area contributed by atoms with E-state index in [9.17, 15) is 13.2 Å². The first kappa shape index (κ1) is 19.2. The Morgan fingerprint density at radius 1 is 1.00 bits per heavy atom. The number of carbonyl (C=O) groups excluding carboxylic acids is 1. The van der Waals surface area contributed by atoms with Crippen LogP contribution in [-0.2, 0) is 10.0 Å². The van der Waals surface area contributed by atoms with Gasteiger partial charge in [-0.2, -0.15) is 4.31 Å². The van der Waals surface area contributed by atoms with E-state index in [2.05, 4.69) is 10.2 Å². The van der Waals surface area contributed by atoms with Crippen molar-refractivity contribution in [2.24, 2.45) is 0 Å². The summed E-state index contributed by atoms with van der Waals surface area (Å²) in [6, 6.07) is 16.3. The van der Waals surface area contributed by atoms with Crippen molar-refractivity contribution in [2.75, 3.05) is 42.1 Å². The third-order valence-electron chi connectivity index (χ3n) is 4.43. The molecular weight excluding hydrogens is 366 g/mol. The number of rotatable bonds is 5. The lowest BCUT2D eigenvalue weighted by Gasteiger charge is -2.35. The van der Waals surface area contributed by atoms with Gasteiger partial charge >= 0.3 is 6.09 Å². The van der Waals surface area contributed by atoms with E-state index in [4.69, 9.17) is 4.74 Å². The van der Waals surface area contributed by atoms with E-state index in [0.29, 0.717) is 37.6 Å². The number of nitrogens with zero attached hydrogens (tertiary/aromatic N) is 2. The molecule has 0 unspecified atom stereocenters. The molecule has 0 aliphatic carbocycles. The minimum Gasteiger partial charge on any atom is -0.410 e. The Hall–Kier alpha value is -2.58. The van der Waals surface area contributed by atoms with Crippen LogP contribution in [0.2, 0.25) is 0 Å². The van der Waals surface area contributed by atoms with Gasteiger partial charge < -0.3 is 9.64 Å². The van der Waals surface area contributed by atoms with Gasteiger partial charge in [0, 0.05) is 37.6 Å². The van der Waals surface area contributed by atoms with Crippen molar-refractivity contribution in [1.82, 2.24) is 4.31 Å². The summed E-state index contributed by atoms with van der Waals surface area (Å²) in [4.78, 5) is 14.1. The summed E-state index contributed by atoms with van der Waals surface area (Å²) in [6.45, 7) is 3.92. The number of piperazine rings is 1. The number of hydrogen-bond acceptors (Lipinski definition) is 5. The number of benzene rings is 2. The van der Waals surface area contributed by atoms with E-state index in [-0.39, 0.29) is 5.75 Å². The number of para-hydroxylation sites is 1. The molecule has 0 spiro atoms. The Bertz CT molecular complexity index is 862. The van der Waals surface area contributed by atoms with Gasteiger partial charge in [0.05, 0.1) is 5.75 Å². The molecule has 3 rings (SSSR count). The van der Waals surface area contributed by atoms with Crippen LogP contribution in [0.25, 0.3) is 0 Å². The standard InChI is InChI=1S/C19H23N3O4S/c1-2-27(24,25)22-14-12-21(13-15-22)17-10-8-16(9-11-17)20-19(23)26-18-6-4-3-5-7-18/h3-11H,2,12-15H2,1H3,(H,20,23). The second kappa shape index (κ2) is 8.41. The van der Waals surface area contributed by atoms with Crippen molar-refractivity contribution in [2.45, 2.75) is 6.92 Å². The Balaban J connectivity index is 1.54. The van der Waals surface area contributed by atoms with Crippen LogP contribution in [0, 0.1) is 0 Å². The zero-order chi connectivity index (χ0) is 19.3. The van der Waals surface area contributed by atoms with Crippen molar-refractivity contribution in [3.05, 3.63) is 54.6 Å². The first-order valence-electron chi connectivity index (χ1n) is 8.84. The molecule has 1 fully saturated rings. The van der Waals surface area contributed by atoms with Crippen molar-refractivity contribution < 1.29 is 17.9 Å². The summed E-state index contributed by atoms with van der Waals surface area (Å²) >= 11 is 0. The quantitative estimate of drug-likeness (QED) is 0.851. The Morgan fingerprint density at radius 3 is 2.22 bits per heavy atom. The first-order valence-corrected chi connectivity index (χ1v) is 10.5. The van der Waals surface area contributed by atoms with Crippen LogP contribution in [0.3, 0.4) is 0 Å². The Kier molecular flexibility index (Phi) is 5.98. The van der Waals surface area contributed by atoms with E-state index in [1.165, 1.54) is 0 Å². The molecule has 2 aromatic carbocycles. The second-order valence-electron chi connectivity index (χ2n) is 6.16. The van der Waals surface area contributed by atoms with E-state index >= 15 is 0 Å². The minimum atomic E-state index is -3.13. The van der Waals surface area contributed by atoms with Gasteiger partial charge in [0.25, 0.3) is 0 Å². The molecule has 1 N–H and O–H groups in total. The normalized spacial score (nSPS) is 15.4. The number of carbonyl (C=O) groups is 1. The van der Waals surface area contributed by atoms with Crippen LogP contribution in [-0.4, -0.2) is 50.7 Å². The summed E-state index contributed by atoms with van der Waals surface area (Å²) in [5.41, 5.74) is 1.62. The highest BCUT2D eigenvalue weighted by atomic mass is 32.2. The van der Waals surface area contributed by atoms with E-state index in [0.717, 1.165) is 5.69 Å². The molecule has 1 heterocycles. The molecule has 2 aromatic rings. The summed E-state index contributed by atoms with van der Waals surface area (Å²) in [5.74, 6) is 0.610. The molecule has 0 radical (unpaired) electrons. The second-order valence-corrected chi connectivity index (χ2v) is 8.42. The molecule has 0 saturated carbocycles. The van der Waals surface area contributed by atoms with Crippen LogP contribution < -0.4 is 15.0 Å². The zero-order valence-corrected chi connectivity index (χ0v) is 16.0. The maximum atomic E-state index is 11.9. The first-order chi connectivity index (χ1) is 13.0. The lowest BCUT2D eigenvalue weighted by molar-refractivity contribution is 0.215. The number of hydrogen-bond donors (Lipinski definition) is 1. The SMILES string of the molecule is CCS(=O)(=O)N1CCN(c2ccc(NC(=O)Oc3ccccc3)cc2)CC1. The molecule has 1 aliphatic rings. The molecule has 0 atom stereocenters. The summed E-state index contributed by atoms with van der Waals surface area (Å²) in [5, 5.41) is 2.69. The summed E-state index contributed by atoms with van der Waals surface area (Å²) < 4.78 is 30.6. The van der Waals surface area contributed by atoms with Crippen LogP contribution in [0.4, 0.5) is 16.2 Å². The summed E-state index contributed by atoms with van der Waals surface area (Å²) in [6.07, 6.45) is -0.549. The highest BCUT2D eigenvalue weighted by Crippen LogP contribution is 2.21. The molecule has 7 nitrogen and oxygen atoms in total. The monoisotopic (exact) mass is 389 g/mol. The highest BCUT2D eigenvalue weighted by molar-refractivity contribution is 7.89. The molecule has 1 amide bonds. The van der Waals surface area contributed by atoms with Gasteiger partial charge in [-0.05, 0) is 43.3 Å². The number of amides is 1. The smallest absolute Gasteiger partial charge is 0.410 e. The van der Waals surface area contributed by atoms with Gasteiger partial charge in [0.1, 0.15) is 5.75 Å². The maximum Gasteiger partial charge on any atom is 0.417 e. The average Bonchev–Trinajstić information content (AvgIpc) is 2.69. The Labute approximate surface area is 159 Å². The van der Waals surface area contributed by atoms with Gasteiger partial charge in [-0.25, -0.2) is 13.2 Å². The Morgan fingerprint density at radius 2 is 1.63 bits per heavy atom. The highest BCUT2D eigenvalue weighted by Gasteiger charge is 2.25. The van der Waals surface area contributed by atoms with Crippen LogP contribution in [0.1, 0.15) is 6.92 Å². The minimum absolute atomic E-state index is 0.131. The molecular formula is C19H23N3O4S. The van der Waals surface area contributed by atoms with E-state index in [1.54, 1.807) is 47.6 Å². The van der Waals surface area contributed by atoms with Crippen LogP contribution in [0.5, 0.6) is 5.75 Å². The van der Waals surface area contributed by atoms with Crippen LogP contribution >= 0.6 is 0 Å². The number of nitrogens with one attached hydrogen (secondary N) is 1. The van der Waals surface area contributed by atoms with Gasteiger partial charge in [-0.15, -0.1) is 0 Å². The van der Waals surface area contributed by atoms with Crippen molar-refractivity contribution in [3.8, 4) is 5.75 Å². The topological polar surface area (TPSA) is 79.0 Å². The average molecular weight is 389 g/mol. The fraction of sp³-hybridized carbons (Fsp3) is 0.316. The van der Waals surface area contributed by atoms with Crippen molar-refractivity contribution in [1.29, 1.82) is 0 Å². The van der Waals surface area contributed by atoms with Crippen LogP contribution in [0.15, 0.2) is 54.6 Å². The fourth-order valence-corrected chi connectivity index (χ4v) is 3.99. The molecule has 1 aliphatic heterocycles. The third kappa shape index (κ3) is 4.99. The van der Waals surface area contributed by atoms with Gasteiger partial charge in [0.2, 0.25) is 10.0 Å². The molecule has 1 saturated heterocycles. The molecule has 0 bridgehead atoms. The number of anilines is 2. The van der Waals surface area contributed by atoms with Crippen molar-refractivity contribution >= 4 is 27.5 Å². The fourth-order valence-electron chi connectivity index (χ4n) is 2.90. The predicted octanol–water partition coefficient (Wildman–Crippen LogP) is 2.77. The number of sulfonamides is 1. The third-order valence-corrected chi connectivity index (χ3v) is 6.31. The lowest BCUT2D eigenvalue weighted by Crippen LogP contribution is -2.49. The maximum absolute atomic E-state index is 11.9. The summed E-state index contributed by atoms with van der Waals surface area (Å²) in [7, 11) is -3.13. The van der Waals surface area contributed by atoms with Gasteiger partial charge in [-0.3, -0.25) is 5.32 Å². The van der Waals surface area contributed by atoms with Gasteiger partial charge in [0.15, 0.2) is 0 Å². The lowest BCUT2D eigenvalue weighted by atomic mass is 10.2. The molecule has 0 aromatic heterocycles. The van der Waals surface area contributed by atoms with Gasteiger partial charge in [-0.1, -0.05) is 18.2 Å². The van der Waals surface area contributed by atoms with Crippen molar-refractivity contribution in [3.63, 3.8) is 0 Å². The molecule has 8 heteroatoms. The molecule has 27 heavy (non-hydrogen) atoms. The predicted molar refractivity (Wildman–Crippen MR) is 106 cm³/mol. The van der Waals surface area contributed by atoms with E-state index < -0.39 is 16.1 Å². The number of ether oxygens (including phenoxy) is 1. The zero-order valence-electron chi connectivity index (χ0n) is 15.2. The largest absolute Gasteiger partial charge is 0.417 e. The van der Waals surface area contributed by atoms with E-state index in [1.807, 2.05) is 18.2 Å².